The van der Waals surface area contributed by atoms with E-state index in [9.17, 15) is 10.1 Å². The summed E-state index contributed by atoms with van der Waals surface area (Å²) in [6.07, 6.45) is 5.83. The van der Waals surface area contributed by atoms with Crippen molar-refractivity contribution < 1.29 is 4.92 Å². The van der Waals surface area contributed by atoms with Crippen LogP contribution in [-0.4, -0.2) is 26.2 Å². The number of pyridine rings is 1. The summed E-state index contributed by atoms with van der Waals surface area (Å²) in [4.78, 5) is 14.2. The first-order chi connectivity index (χ1) is 9.16. The van der Waals surface area contributed by atoms with Crippen LogP contribution in [0.5, 0.6) is 0 Å². The Morgan fingerprint density at radius 3 is 3.00 bits per heavy atom. The van der Waals surface area contributed by atoms with E-state index in [1.54, 1.807) is 13.1 Å². The topological polar surface area (TPSA) is 85.9 Å². The number of nitrogens with one attached hydrogen (secondary N) is 1. The molecule has 0 radical (unpaired) electrons. The number of nitro groups is 1. The highest BCUT2D eigenvalue weighted by molar-refractivity contribution is 5.48. The molecule has 0 spiro atoms. The van der Waals surface area contributed by atoms with Crippen LogP contribution in [0.2, 0.25) is 0 Å². The summed E-state index contributed by atoms with van der Waals surface area (Å²) in [5.74, 6) is 0.686. The lowest BCUT2D eigenvalue weighted by atomic mass is 10.2. The van der Waals surface area contributed by atoms with Crippen LogP contribution in [0, 0.1) is 17.0 Å². The third-order valence-electron chi connectivity index (χ3n) is 2.69. The zero-order valence-electron chi connectivity index (χ0n) is 10.6. The Morgan fingerprint density at radius 2 is 2.37 bits per heavy atom. The molecule has 0 saturated carbocycles. The predicted octanol–water partition coefficient (Wildman–Crippen LogP) is 2.00. The summed E-state index contributed by atoms with van der Waals surface area (Å²) in [5.41, 5.74) is 0.785. The fraction of sp³-hybridized carbons (Fsp3) is 0.333. The predicted molar refractivity (Wildman–Crippen MR) is 71.0 cm³/mol. The summed E-state index contributed by atoms with van der Waals surface area (Å²) in [6, 6.07) is 3.40. The third-order valence-corrected chi connectivity index (χ3v) is 2.69. The first-order valence-electron chi connectivity index (χ1n) is 5.99. The second kappa shape index (κ2) is 5.94. The Labute approximate surface area is 110 Å². The van der Waals surface area contributed by atoms with Gasteiger partial charge in [0.25, 0.3) is 5.69 Å². The van der Waals surface area contributed by atoms with E-state index in [0.29, 0.717) is 5.82 Å². The molecule has 0 amide bonds. The van der Waals surface area contributed by atoms with E-state index >= 15 is 0 Å². The zero-order chi connectivity index (χ0) is 13.7. The fourth-order valence-electron chi connectivity index (χ4n) is 1.73. The SMILES string of the molecule is Cc1cc([N+](=O)[O-])cnc1NCCCn1cccn1. The minimum atomic E-state index is -0.443. The molecule has 0 unspecified atom stereocenters. The molecule has 2 aromatic heterocycles. The minimum absolute atomic E-state index is 0.0135. The third kappa shape index (κ3) is 3.51. The van der Waals surface area contributed by atoms with Gasteiger partial charge in [0.1, 0.15) is 12.0 Å². The van der Waals surface area contributed by atoms with Crippen LogP contribution < -0.4 is 5.32 Å². The maximum absolute atomic E-state index is 10.6. The van der Waals surface area contributed by atoms with Crippen LogP contribution in [0.1, 0.15) is 12.0 Å². The van der Waals surface area contributed by atoms with Gasteiger partial charge in [-0.2, -0.15) is 5.10 Å². The van der Waals surface area contributed by atoms with Gasteiger partial charge in [0.15, 0.2) is 0 Å². The van der Waals surface area contributed by atoms with E-state index < -0.39 is 4.92 Å². The van der Waals surface area contributed by atoms with E-state index in [0.717, 1.165) is 25.1 Å². The molecule has 0 fully saturated rings. The first kappa shape index (κ1) is 13.0. The Hall–Kier alpha value is -2.44. The Balaban J connectivity index is 1.84. The van der Waals surface area contributed by atoms with Gasteiger partial charge in [-0.25, -0.2) is 4.98 Å². The standard InChI is InChI=1S/C12H15N5O2/c1-10-8-11(17(18)19)9-14-12(10)13-4-2-6-16-7-3-5-15-16/h3,5,7-9H,2,4,6H2,1H3,(H,13,14). The van der Waals surface area contributed by atoms with Gasteiger partial charge < -0.3 is 5.32 Å². The van der Waals surface area contributed by atoms with Crippen LogP contribution in [0.15, 0.2) is 30.7 Å². The largest absolute Gasteiger partial charge is 0.370 e. The normalized spacial score (nSPS) is 10.4. The highest BCUT2D eigenvalue weighted by Gasteiger charge is 2.08. The summed E-state index contributed by atoms with van der Waals surface area (Å²) in [7, 11) is 0. The lowest BCUT2D eigenvalue weighted by molar-refractivity contribution is -0.385. The van der Waals surface area contributed by atoms with Crippen LogP contribution in [0.4, 0.5) is 11.5 Å². The van der Waals surface area contributed by atoms with E-state index in [1.807, 2.05) is 16.9 Å². The van der Waals surface area contributed by atoms with Crippen LogP contribution in [-0.2, 0) is 6.54 Å². The Morgan fingerprint density at radius 1 is 1.53 bits per heavy atom. The van der Waals surface area contributed by atoms with Gasteiger partial charge >= 0.3 is 0 Å². The number of nitrogens with zero attached hydrogens (tertiary/aromatic N) is 4. The molecule has 7 heteroatoms. The molecule has 1 N–H and O–H groups in total. The van der Waals surface area contributed by atoms with Gasteiger partial charge in [-0.15, -0.1) is 0 Å². The Kier molecular flexibility index (Phi) is 4.07. The summed E-state index contributed by atoms with van der Waals surface area (Å²) in [6.45, 7) is 3.37. The number of anilines is 1. The van der Waals surface area contributed by atoms with Crippen LogP contribution in [0.3, 0.4) is 0 Å². The van der Waals surface area contributed by atoms with Crippen molar-refractivity contribution >= 4 is 11.5 Å². The smallest absolute Gasteiger partial charge is 0.287 e. The monoisotopic (exact) mass is 261 g/mol. The molecule has 2 heterocycles. The van der Waals surface area contributed by atoms with E-state index in [4.69, 9.17) is 0 Å². The van der Waals surface area contributed by atoms with E-state index in [2.05, 4.69) is 15.4 Å². The molecule has 7 nitrogen and oxygen atoms in total. The number of hydrogen-bond donors (Lipinski definition) is 1. The fourth-order valence-corrected chi connectivity index (χ4v) is 1.73. The molecular formula is C12H15N5O2. The highest BCUT2D eigenvalue weighted by atomic mass is 16.6. The summed E-state index contributed by atoms with van der Waals surface area (Å²) < 4.78 is 1.86. The average molecular weight is 261 g/mol. The molecule has 19 heavy (non-hydrogen) atoms. The molecule has 0 aliphatic rings. The zero-order valence-corrected chi connectivity index (χ0v) is 10.6. The van der Waals surface area contributed by atoms with Gasteiger partial charge in [0, 0.05) is 31.5 Å². The molecule has 100 valence electrons. The van der Waals surface area contributed by atoms with Crippen molar-refractivity contribution in [2.75, 3.05) is 11.9 Å². The van der Waals surface area contributed by atoms with Gasteiger partial charge in [-0.1, -0.05) is 0 Å². The van der Waals surface area contributed by atoms with Crippen molar-refractivity contribution in [3.63, 3.8) is 0 Å². The molecule has 0 aliphatic heterocycles. The molecule has 2 rings (SSSR count). The lowest BCUT2D eigenvalue weighted by Gasteiger charge is -2.08. The number of hydrogen-bond acceptors (Lipinski definition) is 5. The van der Waals surface area contributed by atoms with Crippen molar-refractivity contribution in [1.29, 1.82) is 0 Å². The molecule has 0 bridgehead atoms. The Bertz CT molecular complexity index is 553. The highest BCUT2D eigenvalue weighted by Crippen LogP contribution is 2.17. The molecule has 0 aromatic carbocycles. The number of aryl methyl sites for hydroxylation is 2. The van der Waals surface area contributed by atoms with Gasteiger partial charge in [0.05, 0.1) is 4.92 Å². The van der Waals surface area contributed by atoms with Crippen molar-refractivity contribution in [2.24, 2.45) is 0 Å². The quantitative estimate of drug-likeness (QED) is 0.488. The maximum atomic E-state index is 10.6. The molecule has 0 saturated heterocycles. The van der Waals surface area contributed by atoms with E-state index in [1.165, 1.54) is 12.3 Å². The lowest BCUT2D eigenvalue weighted by Crippen LogP contribution is -2.09. The minimum Gasteiger partial charge on any atom is -0.370 e. The molecule has 2 aromatic rings. The maximum Gasteiger partial charge on any atom is 0.287 e. The second-order valence-corrected chi connectivity index (χ2v) is 4.17. The molecule has 0 atom stereocenters. The van der Waals surface area contributed by atoms with Crippen molar-refractivity contribution in [2.45, 2.75) is 19.9 Å². The van der Waals surface area contributed by atoms with Gasteiger partial charge in [-0.3, -0.25) is 14.8 Å². The van der Waals surface area contributed by atoms with Crippen molar-refractivity contribution in [3.05, 3.63) is 46.4 Å². The summed E-state index contributed by atoms with van der Waals surface area (Å²) >= 11 is 0. The van der Waals surface area contributed by atoms with Crippen LogP contribution in [0.25, 0.3) is 0 Å². The number of aromatic nitrogens is 3. The van der Waals surface area contributed by atoms with Gasteiger partial charge in [0.2, 0.25) is 0 Å². The van der Waals surface area contributed by atoms with Crippen LogP contribution >= 0.6 is 0 Å². The summed E-state index contributed by atoms with van der Waals surface area (Å²) in [5, 5.41) is 17.9. The van der Waals surface area contributed by atoms with Crippen molar-refractivity contribution in [1.82, 2.24) is 14.8 Å². The van der Waals surface area contributed by atoms with Crippen molar-refractivity contribution in [3.8, 4) is 0 Å². The van der Waals surface area contributed by atoms with E-state index in [-0.39, 0.29) is 5.69 Å². The number of rotatable bonds is 6. The molecular weight excluding hydrogens is 246 g/mol. The second-order valence-electron chi connectivity index (χ2n) is 4.17. The van der Waals surface area contributed by atoms with Gasteiger partial charge in [-0.05, 0) is 25.0 Å². The average Bonchev–Trinajstić information content (AvgIpc) is 2.89. The molecule has 0 aliphatic carbocycles. The first-order valence-corrected chi connectivity index (χ1v) is 5.99.